The van der Waals surface area contributed by atoms with Crippen LogP contribution >= 0.6 is 12.4 Å². The molecule has 2 saturated heterocycles. The summed E-state index contributed by atoms with van der Waals surface area (Å²) in [5.74, 6) is -0.0143. The second-order valence-corrected chi connectivity index (χ2v) is 8.49. The number of carbonyl (C=O) groups excluding carboxylic acids is 1. The Kier molecular flexibility index (Phi) is 7.04. The summed E-state index contributed by atoms with van der Waals surface area (Å²) in [6.07, 6.45) is -0.171. The topological polar surface area (TPSA) is 79.0 Å². The van der Waals surface area contributed by atoms with Crippen LogP contribution in [0.2, 0.25) is 0 Å². The number of rotatable bonds is 3. The molecule has 26 heavy (non-hydrogen) atoms. The maximum Gasteiger partial charge on any atom is 0.243 e. The lowest BCUT2D eigenvalue weighted by molar-refractivity contribution is -0.140. The Hall–Kier alpha value is -1.19. The first-order valence-corrected chi connectivity index (χ1v) is 10.0. The SMILES string of the molecule is Cc1ccc(S(=O)(=O)N2CCN(C(=O)[C@H]3NCCO[C@@H]3C)CC2)cc1.Cl. The molecule has 146 valence electrons. The van der Waals surface area contributed by atoms with E-state index in [0.29, 0.717) is 44.2 Å². The van der Waals surface area contributed by atoms with Crippen LogP contribution in [0.5, 0.6) is 0 Å². The summed E-state index contributed by atoms with van der Waals surface area (Å²) in [5.41, 5.74) is 1.02. The van der Waals surface area contributed by atoms with E-state index in [0.717, 1.165) is 5.56 Å². The van der Waals surface area contributed by atoms with Gasteiger partial charge < -0.3 is 15.0 Å². The van der Waals surface area contributed by atoms with E-state index in [9.17, 15) is 13.2 Å². The van der Waals surface area contributed by atoms with Crippen LogP contribution in [0.25, 0.3) is 0 Å². The second-order valence-electron chi connectivity index (χ2n) is 6.55. The van der Waals surface area contributed by atoms with Crippen LogP contribution in [0, 0.1) is 6.92 Å². The van der Waals surface area contributed by atoms with Crippen molar-refractivity contribution in [3.63, 3.8) is 0 Å². The van der Waals surface area contributed by atoms with Crippen LogP contribution in [0.3, 0.4) is 0 Å². The summed E-state index contributed by atoms with van der Waals surface area (Å²) in [7, 11) is -3.51. The maximum atomic E-state index is 12.7. The quantitative estimate of drug-likeness (QED) is 0.800. The first kappa shape index (κ1) is 21.1. The lowest BCUT2D eigenvalue weighted by Gasteiger charge is -2.38. The third-order valence-corrected chi connectivity index (χ3v) is 6.70. The second kappa shape index (κ2) is 8.67. The molecule has 9 heteroatoms. The molecular weight excluding hydrogens is 378 g/mol. The number of amides is 1. The van der Waals surface area contributed by atoms with Gasteiger partial charge in [0.05, 0.1) is 17.6 Å². The van der Waals surface area contributed by atoms with Crippen molar-refractivity contribution in [3.05, 3.63) is 29.8 Å². The van der Waals surface area contributed by atoms with E-state index in [4.69, 9.17) is 4.74 Å². The Balaban J connectivity index is 0.00000243. The molecule has 1 aromatic carbocycles. The number of aryl methyl sites for hydroxylation is 1. The number of nitrogens with zero attached hydrogens (tertiary/aromatic N) is 2. The van der Waals surface area contributed by atoms with E-state index in [2.05, 4.69) is 5.32 Å². The van der Waals surface area contributed by atoms with E-state index >= 15 is 0 Å². The van der Waals surface area contributed by atoms with Gasteiger partial charge in [0.15, 0.2) is 0 Å². The minimum absolute atomic E-state index is 0. The molecule has 1 amide bonds. The Morgan fingerprint density at radius 3 is 2.35 bits per heavy atom. The highest BCUT2D eigenvalue weighted by molar-refractivity contribution is 7.89. The molecule has 0 aromatic heterocycles. The molecule has 0 aliphatic carbocycles. The molecule has 2 atom stereocenters. The third-order valence-electron chi connectivity index (χ3n) is 4.79. The summed E-state index contributed by atoms with van der Waals surface area (Å²) in [6.45, 7) is 6.48. The molecular formula is C17H26ClN3O4S. The Labute approximate surface area is 161 Å². The van der Waals surface area contributed by atoms with Crippen LogP contribution in [-0.2, 0) is 19.6 Å². The highest BCUT2D eigenvalue weighted by atomic mass is 35.5. The van der Waals surface area contributed by atoms with Crippen LogP contribution in [0.4, 0.5) is 0 Å². The van der Waals surface area contributed by atoms with Gasteiger partial charge in [-0.25, -0.2) is 8.42 Å². The van der Waals surface area contributed by atoms with Crippen LogP contribution < -0.4 is 5.32 Å². The van der Waals surface area contributed by atoms with Crippen LogP contribution in [0.15, 0.2) is 29.2 Å². The molecule has 2 fully saturated rings. The molecule has 0 spiro atoms. The minimum atomic E-state index is -3.51. The predicted octanol–water partition coefficient (Wildman–Crippen LogP) is 0.627. The zero-order chi connectivity index (χ0) is 18.0. The number of nitrogens with one attached hydrogen (secondary N) is 1. The molecule has 0 bridgehead atoms. The molecule has 0 unspecified atom stereocenters. The van der Waals surface area contributed by atoms with Gasteiger partial charge in [0.1, 0.15) is 6.04 Å². The van der Waals surface area contributed by atoms with Gasteiger partial charge in [-0.15, -0.1) is 12.4 Å². The van der Waals surface area contributed by atoms with Gasteiger partial charge in [-0.05, 0) is 26.0 Å². The number of sulfonamides is 1. The summed E-state index contributed by atoms with van der Waals surface area (Å²) >= 11 is 0. The smallest absolute Gasteiger partial charge is 0.243 e. The average molecular weight is 404 g/mol. The Bertz CT molecular complexity index is 718. The van der Waals surface area contributed by atoms with Crippen molar-refractivity contribution in [1.82, 2.24) is 14.5 Å². The van der Waals surface area contributed by atoms with Gasteiger partial charge in [-0.1, -0.05) is 17.7 Å². The Morgan fingerprint density at radius 1 is 1.15 bits per heavy atom. The number of benzene rings is 1. The zero-order valence-electron chi connectivity index (χ0n) is 15.1. The van der Waals surface area contributed by atoms with Gasteiger partial charge in [0.25, 0.3) is 0 Å². The fourth-order valence-corrected chi connectivity index (χ4v) is 4.64. The van der Waals surface area contributed by atoms with Gasteiger partial charge in [-0.3, -0.25) is 4.79 Å². The molecule has 2 aliphatic rings. The number of morpholine rings is 1. The van der Waals surface area contributed by atoms with Crippen molar-refractivity contribution in [3.8, 4) is 0 Å². The molecule has 7 nitrogen and oxygen atoms in total. The number of halogens is 1. The molecule has 0 saturated carbocycles. The lowest BCUT2D eigenvalue weighted by atomic mass is 10.1. The molecule has 3 rings (SSSR count). The number of hydrogen-bond donors (Lipinski definition) is 1. The van der Waals surface area contributed by atoms with Crippen molar-refractivity contribution in [1.29, 1.82) is 0 Å². The van der Waals surface area contributed by atoms with Crippen molar-refractivity contribution >= 4 is 28.3 Å². The molecule has 1 N–H and O–H groups in total. The van der Waals surface area contributed by atoms with Gasteiger partial charge in [-0.2, -0.15) is 4.31 Å². The van der Waals surface area contributed by atoms with Gasteiger partial charge in [0, 0.05) is 32.7 Å². The maximum absolute atomic E-state index is 12.7. The fraction of sp³-hybridized carbons (Fsp3) is 0.588. The van der Waals surface area contributed by atoms with Gasteiger partial charge >= 0.3 is 0 Å². The number of piperazine rings is 1. The van der Waals surface area contributed by atoms with Crippen molar-refractivity contribution in [2.45, 2.75) is 30.9 Å². The van der Waals surface area contributed by atoms with Crippen LogP contribution in [-0.4, -0.2) is 75.0 Å². The fourth-order valence-electron chi connectivity index (χ4n) is 3.21. The first-order chi connectivity index (χ1) is 11.9. The molecule has 2 aliphatic heterocycles. The van der Waals surface area contributed by atoms with E-state index in [1.54, 1.807) is 29.2 Å². The first-order valence-electron chi connectivity index (χ1n) is 8.60. The van der Waals surface area contributed by atoms with E-state index < -0.39 is 10.0 Å². The number of carbonyl (C=O) groups is 1. The highest BCUT2D eigenvalue weighted by Crippen LogP contribution is 2.19. The Morgan fingerprint density at radius 2 is 1.77 bits per heavy atom. The van der Waals surface area contributed by atoms with E-state index in [1.165, 1.54) is 4.31 Å². The highest BCUT2D eigenvalue weighted by Gasteiger charge is 2.35. The lowest BCUT2D eigenvalue weighted by Crippen LogP contribution is -2.60. The van der Waals surface area contributed by atoms with Crippen molar-refractivity contribution in [2.24, 2.45) is 0 Å². The van der Waals surface area contributed by atoms with E-state index in [-0.39, 0.29) is 30.5 Å². The standard InChI is InChI=1S/C17H25N3O4S.ClH/c1-13-3-5-15(6-4-13)25(22,23)20-10-8-19(9-11-20)17(21)16-14(2)24-12-7-18-16;/h3-6,14,16,18H,7-12H2,1-2H3;1H/t14-,16+;/m1./s1. The largest absolute Gasteiger partial charge is 0.375 e. The molecule has 0 radical (unpaired) electrons. The summed E-state index contributed by atoms with van der Waals surface area (Å²) in [6, 6.07) is 6.50. The zero-order valence-corrected chi connectivity index (χ0v) is 16.7. The average Bonchev–Trinajstić information content (AvgIpc) is 2.62. The number of hydrogen-bond acceptors (Lipinski definition) is 5. The normalized spacial score (nSPS) is 24.8. The van der Waals surface area contributed by atoms with Crippen molar-refractivity contribution < 1.29 is 17.9 Å². The van der Waals surface area contributed by atoms with E-state index in [1.807, 2.05) is 13.8 Å². The number of ether oxygens (including phenoxy) is 1. The minimum Gasteiger partial charge on any atom is -0.375 e. The predicted molar refractivity (Wildman–Crippen MR) is 101 cm³/mol. The van der Waals surface area contributed by atoms with Crippen LogP contribution in [0.1, 0.15) is 12.5 Å². The van der Waals surface area contributed by atoms with Gasteiger partial charge in [0.2, 0.25) is 15.9 Å². The third kappa shape index (κ3) is 4.37. The molecule has 1 aromatic rings. The summed E-state index contributed by atoms with van der Waals surface area (Å²) in [4.78, 5) is 14.7. The summed E-state index contributed by atoms with van der Waals surface area (Å²) in [5, 5.41) is 3.19. The van der Waals surface area contributed by atoms with Crippen molar-refractivity contribution in [2.75, 3.05) is 39.3 Å². The monoisotopic (exact) mass is 403 g/mol. The summed E-state index contributed by atoms with van der Waals surface area (Å²) < 4.78 is 32.4. The molecule has 2 heterocycles.